The molecular formula is C17H15BrN4O. The van der Waals surface area contributed by atoms with Crippen LogP contribution in [0, 0.1) is 0 Å². The van der Waals surface area contributed by atoms with E-state index < -0.39 is 0 Å². The van der Waals surface area contributed by atoms with Gasteiger partial charge in [-0.1, -0.05) is 58.4 Å². The first-order valence-electron chi connectivity index (χ1n) is 7.23. The molecule has 3 aromatic rings. The molecule has 2 N–H and O–H groups in total. The van der Waals surface area contributed by atoms with Gasteiger partial charge in [0.15, 0.2) is 5.82 Å². The van der Waals surface area contributed by atoms with Gasteiger partial charge in [-0.2, -0.15) is 4.98 Å². The third kappa shape index (κ3) is 4.26. The average molecular weight is 371 g/mol. The standard InChI is InChI=1S/C17H15BrN4O/c18-14-8-4-7-13(11-14)16-20-17(22-21-16)19-15(23)10-9-12-5-2-1-3-6-12/h1-8,11H,9-10H2,(H2,19,20,21,22,23). The smallest absolute Gasteiger partial charge is 0.249 e. The zero-order valence-corrected chi connectivity index (χ0v) is 13.9. The molecule has 116 valence electrons. The van der Waals surface area contributed by atoms with Gasteiger partial charge in [0, 0.05) is 16.5 Å². The molecule has 0 saturated heterocycles. The highest BCUT2D eigenvalue weighted by Gasteiger charge is 2.09. The van der Waals surface area contributed by atoms with E-state index in [1.54, 1.807) is 0 Å². The number of hydrogen-bond acceptors (Lipinski definition) is 3. The molecule has 2 aromatic carbocycles. The van der Waals surface area contributed by atoms with Crippen LogP contribution in [0.4, 0.5) is 5.95 Å². The van der Waals surface area contributed by atoms with Crippen molar-refractivity contribution in [3.63, 3.8) is 0 Å². The van der Waals surface area contributed by atoms with Crippen LogP contribution in [0.2, 0.25) is 0 Å². The second kappa shape index (κ2) is 7.19. The normalized spacial score (nSPS) is 10.5. The minimum atomic E-state index is -0.103. The van der Waals surface area contributed by atoms with Crippen LogP contribution in [0.1, 0.15) is 12.0 Å². The van der Waals surface area contributed by atoms with Crippen molar-refractivity contribution in [1.29, 1.82) is 0 Å². The van der Waals surface area contributed by atoms with Gasteiger partial charge in [-0.3, -0.25) is 15.2 Å². The Bertz CT molecular complexity index is 801. The number of anilines is 1. The van der Waals surface area contributed by atoms with Gasteiger partial charge in [0.1, 0.15) is 0 Å². The van der Waals surface area contributed by atoms with E-state index in [0.717, 1.165) is 15.6 Å². The van der Waals surface area contributed by atoms with Crippen molar-refractivity contribution in [2.45, 2.75) is 12.8 Å². The van der Waals surface area contributed by atoms with Crippen LogP contribution in [0.15, 0.2) is 59.1 Å². The molecule has 1 aromatic heterocycles. The van der Waals surface area contributed by atoms with Gasteiger partial charge in [-0.15, -0.1) is 5.10 Å². The number of benzene rings is 2. The van der Waals surface area contributed by atoms with E-state index in [4.69, 9.17) is 0 Å². The maximum atomic E-state index is 12.0. The Hall–Kier alpha value is -2.47. The SMILES string of the molecule is O=C(CCc1ccccc1)Nc1n[nH]c(-c2cccc(Br)c2)n1. The van der Waals surface area contributed by atoms with Gasteiger partial charge in [0.2, 0.25) is 11.9 Å². The molecule has 0 fully saturated rings. The summed E-state index contributed by atoms with van der Waals surface area (Å²) in [5.41, 5.74) is 2.03. The van der Waals surface area contributed by atoms with Gasteiger partial charge in [-0.05, 0) is 24.1 Å². The number of nitrogens with one attached hydrogen (secondary N) is 2. The highest BCUT2D eigenvalue weighted by Crippen LogP contribution is 2.20. The fraction of sp³-hybridized carbons (Fsp3) is 0.118. The topological polar surface area (TPSA) is 70.7 Å². The molecule has 0 aliphatic heterocycles. The molecular weight excluding hydrogens is 356 g/mol. The molecule has 3 rings (SSSR count). The number of nitrogens with zero attached hydrogens (tertiary/aromatic N) is 2. The Morgan fingerprint density at radius 1 is 1.13 bits per heavy atom. The Morgan fingerprint density at radius 3 is 2.74 bits per heavy atom. The van der Waals surface area contributed by atoms with Gasteiger partial charge in [-0.25, -0.2) is 0 Å². The van der Waals surface area contributed by atoms with E-state index >= 15 is 0 Å². The molecule has 5 nitrogen and oxygen atoms in total. The average Bonchev–Trinajstić information content (AvgIpc) is 3.02. The first-order chi connectivity index (χ1) is 11.2. The van der Waals surface area contributed by atoms with E-state index in [-0.39, 0.29) is 11.9 Å². The molecule has 23 heavy (non-hydrogen) atoms. The van der Waals surface area contributed by atoms with E-state index in [2.05, 4.69) is 36.4 Å². The summed E-state index contributed by atoms with van der Waals surface area (Å²) in [7, 11) is 0. The van der Waals surface area contributed by atoms with Crippen LogP contribution in [-0.4, -0.2) is 21.1 Å². The molecule has 6 heteroatoms. The number of H-pyrrole nitrogens is 1. The fourth-order valence-corrected chi connectivity index (χ4v) is 2.57. The molecule has 0 bridgehead atoms. The van der Waals surface area contributed by atoms with Gasteiger partial charge < -0.3 is 0 Å². The maximum Gasteiger partial charge on any atom is 0.249 e. The predicted molar refractivity (Wildman–Crippen MR) is 92.9 cm³/mol. The first kappa shape index (κ1) is 15.4. The third-order valence-corrected chi connectivity index (χ3v) is 3.81. The lowest BCUT2D eigenvalue weighted by atomic mass is 10.1. The number of aromatic nitrogens is 3. The minimum absolute atomic E-state index is 0.103. The number of halogens is 1. The van der Waals surface area contributed by atoms with Gasteiger partial charge in [0.25, 0.3) is 0 Å². The first-order valence-corrected chi connectivity index (χ1v) is 8.02. The van der Waals surface area contributed by atoms with Crippen LogP contribution in [0.25, 0.3) is 11.4 Å². The minimum Gasteiger partial charge on any atom is -0.293 e. The van der Waals surface area contributed by atoms with Gasteiger partial charge >= 0.3 is 0 Å². The van der Waals surface area contributed by atoms with E-state index in [1.165, 1.54) is 0 Å². The summed E-state index contributed by atoms with van der Waals surface area (Å²) in [5, 5.41) is 9.58. The second-order valence-corrected chi connectivity index (χ2v) is 5.97. The number of aryl methyl sites for hydroxylation is 1. The highest BCUT2D eigenvalue weighted by atomic mass is 79.9. The molecule has 0 spiro atoms. The fourth-order valence-electron chi connectivity index (χ4n) is 2.17. The molecule has 0 atom stereocenters. The number of rotatable bonds is 5. The molecule has 0 aliphatic carbocycles. The highest BCUT2D eigenvalue weighted by molar-refractivity contribution is 9.10. The van der Waals surface area contributed by atoms with E-state index in [1.807, 2.05) is 54.6 Å². The molecule has 1 amide bonds. The lowest BCUT2D eigenvalue weighted by Gasteiger charge is -2.01. The summed E-state index contributed by atoms with van der Waals surface area (Å²) < 4.78 is 0.958. The van der Waals surface area contributed by atoms with Crippen LogP contribution >= 0.6 is 15.9 Å². The number of carbonyl (C=O) groups is 1. The Kier molecular flexibility index (Phi) is 4.83. The third-order valence-electron chi connectivity index (χ3n) is 3.32. The van der Waals surface area contributed by atoms with Crippen molar-refractivity contribution in [1.82, 2.24) is 15.2 Å². The largest absolute Gasteiger partial charge is 0.293 e. The summed E-state index contributed by atoms with van der Waals surface area (Å²) >= 11 is 3.42. The molecule has 0 saturated carbocycles. The van der Waals surface area contributed by atoms with Crippen LogP contribution in [0.3, 0.4) is 0 Å². The Labute approximate surface area is 142 Å². The second-order valence-electron chi connectivity index (χ2n) is 5.05. The summed E-state index contributed by atoms with van der Waals surface area (Å²) in [6.45, 7) is 0. The van der Waals surface area contributed by atoms with Crippen LogP contribution in [-0.2, 0) is 11.2 Å². The molecule has 0 unspecified atom stereocenters. The lowest BCUT2D eigenvalue weighted by Crippen LogP contribution is -2.13. The van der Waals surface area contributed by atoms with Crippen LogP contribution in [0.5, 0.6) is 0 Å². The van der Waals surface area contributed by atoms with Crippen molar-refractivity contribution in [3.8, 4) is 11.4 Å². The van der Waals surface area contributed by atoms with Gasteiger partial charge in [0.05, 0.1) is 0 Å². The molecule has 0 aliphatic rings. The molecule has 0 radical (unpaired) electrons. The van der Waals surface area contributed by atoms with Crippen molar-refractivity contribution >= 4 is 27.8 Å². The predicted octanol–water partition coefficient (Wildman–Crippen LogP) is 3.81. The number of hydrogen-bond donors (Lipinski definition) is 2. The van der Waals surface area contributed by atoms with Crippen molar-refractivity contribution in [2.24, 2.45) is 0 Å². The zero-order valence-electron chi connectivity index (χ0n) is 12.3. The zero-order chi connectivity index (χ0) is 16.1. The Morgan fingerprint density at radius 2 is 1.96 bits per heavy atom. The number of aromatic amines is 1. The van der Waals surface area contributed by atoms with Crippen molar-refractivity contribution < 1.29 is 4.79 Å². The van der Waals surface area contributed by atoms with Crippen molar-refractivity contribution in [3.05, 3.63) is 64.6 Å². The van der Waals surface area contributed by atoms with E-state index in [9.17, 15) is 4.79 Å². The maximum absolute atomic E-state index is 12.0. The Balaban J connectivity index is 1.59. The van der Waals surface area contributed by atoms with E-state index in [0.29, 0.717) is 18.7 Å². The molecule has 1 heterocycles. The van der Waals surface area contributed by atoms with Crippen LogP contribution < -0.4 is 5.32 Å². The summed E-state index contributed by atoms with van der Waals surface area (Å²) in [6, 6.07) is 17.6. The lowest BCUT2D eigenvalue weighted by molar-refractivity contribution is -0.116. The number of carbonyl (C=O) groups excluding carboxylic acids is 1. The quantitative estimate of drug-likeness (QED) is 0.717. The number of amides is 1. The summed E-state index contributed by atoms with van der Waals surface area (Å²) in [6.07, 6.45) is 1.08. The summed E-state index contributed by atoms with van der Waals surface area (Å²) in [4.78, 5) is 16.3. The summed E-state index contributed by atoms with van der Waals surface area (Å²) in [5.74, 6) is 0.802. The monoisotopic (exact) mass is 370 g/mol. The van der Waals surface area contributed by atoms with Crippen molar-refractivity contribution in [2.75, 3.05) is 5.32 Å².